The molecule has 1 amide bonds. The summed E-state index contributed by atoms with van der Waals surface area (Å²) in [5.41, 5.74) is 1.13. The molecule has 1 aliphatic carbocycles. The lowest BCUT2D eigenvalue weighted by Crippen LogP contribution is -2.33. The van der Waals surface area contributed by atoms with E-state index in [0.29, 0.717) is 18.8 Å². The van der Waals surface area contributed by atoms with Crippen LogP contribution in [0, 0.1) is 5.92 Å². The molecule has 2 aromatic rings. The number of hydrogen-bond acceptors (Lipinski definition) is 3. The maximum atomic E-state index is 12.3. The molecular weight excluding hydrogens is 312 g/mol. The van der Waals surface area contributed by atoms with Crippen molar-refractivity contribution in [2.75, 3.05) is 0 Å². The molecule has 1 aromatic carbocycles. The smallest absolute Gasteiger partial charge is 0.220 e. The average molecular weight is 333 g/mol. The lowest BCUT2D eigenvalue weighted by atomic mass is 9.91. The van der Waals surface area contributed by atoms with E-state index in [-0.39, 0.29) is 11.9 Å². The monoisotopic (exact) mass is 332 g/mol. The third kappa shape index (κ3) is 4.32. The summed E-state index contributed by atoms with van der Waals surface area (Å²) in [6.07, 6.45) is 7.24. The van der Waals surface area contributed by atoms with Crippen molar-refractivity contribution in [3.8, 4) is 0 Å². The molecule has 23 heavy (non-hydrogen) atoms. The van der Waals surface area contributed by atoms with E-state index in [1.807, 2.05) is 24.3 Å². The number of aryl methyl sites for hydroxylation is 1. The zero-order chi connectivity index (χ0) is 16.1. The van der Waals surface area contributed by atoms with Crippen molar-refractivity contribution in [1.29, 1.82) is 0 Å². The van der Waals surface area contributed by atoms with Crippen molar-refractivity contribution in [1.82, 2.24) is 20.5 Å². The van der Waals surface area contributed by atoms with E-state index in [1.165, 1.54) is 19.2 Å². The Morgan fingerprint density at radius 3 is 2.70 bits per heavy atom. The van der Waals surface area contributed by atoms with Gasteiger partial charge in [0.05, 0.1) is 6.04 Å². The molecular formula is C17H21ClN4O. The first-order valence-corrected chi connectivity index (χ1v) is 8.49. The van der Waals surface area contributed by atoms with Gasteiger partial charge in [-0.1, -0.05) is 36.6 Å². The van der Waals surface area contributed by atoms with E-state index >= 15 is 0 Å². The maximum Gasteiger partial charge on any atom is 0.220 e. The van der Waals surface area contributed by atoms with Crippen LogP contribution in [-0.2, 0) is 11.2 Å². The number of aromatic amines is 1. The fourth-order valence-corrected chi connectivity index (χ4v) is 3.39. The van der Waals surface area contributed by atoms with Gasteiger partial charge in [0.25, 0.3) is 0 Å². The van der Waals surface area contributed by atoms with Crippen molar-refractivity contribution in [3.63, 3.8) is 0 Å². The van der Waals surface area contributed by atoms with Gasteiger partial charge in [-0.2, -0.15) is 5.10 Å². The molecule has 1 fully saturated rings. The van der Waals surface area contributed by atoms with Crippen LogP contribution in [-0.4, -0.2) is 21.1 Å². The molecule has 1 aromatic heterocycles. The van der Waals surface area contributed by atoms with Crippen molar-refractivity contribution >= 4 is 17.5 Å². The second kappa shape index (κ2) is 7.59. The number of H-pyrrole nitrogens is 1. The first-order chi connectivity index (χ1) is 11.2. The van der Waals surface area contributed by atoms with Crippen molar-refractivity contribution in [3.05, 3.63) is 47.0 Å². The van der Waals surface area contributed by atoms with Gasteiger partial charge in [0.1, 0.15) is 12.2 Å². The third-order valence-corrected chi connectivity index (χ3v) is 4.72. The van der Waals surface area contributed by atoms with Gasteiger partial charge >= 0.3 is 0 Å². The number of aromatic nitrogens is 3. The van der Waals surface area contributed by atoms with Gasteiger partial charge in [-0.05, 0) is 36.5 Å². The van der Waals surface area contributed by atoms with Gasteiger partial charge in [-0.15, -0.1) is 0 Å². The van der Waals surface area contributed by atoms with Crippen molar-refractivity contribution < 1.29 is 4.79 Å². The Labute approximate surface area is 140 Å². The van der Waals surface area contributed by atoms with Crippen LogP contribution in [0.1, 0.15) is 49.5 Å². The summed E-state index contributed by atoms with van der Waals surface area (Å²) in [5.74, 6) is 1.29. The Morgan fingerprint density at radius 1 is 1.30 bits per heavy atom. The van der Waals surface area contributed by atoms with Crippen LogP contribution in [0.4, 0.5) is 0 Å². The topological polar surface area (TPSA) is 70.7 Å². The lowest BCUT2D eigenvalue weighted by molar-refractivity contribution is -0.122. The minimum Gasteiger partial charge on any atom is -0.349 e. The van der Waals surface area contributed by atoms with Gasteiger partial charge in [-0.3, -0.25) is 9.89 Å². The molecule has 5 nitrogen and oxygen atoms in total. The number of nitrogens with zero attached hydrogens (tertiary/aromatic N) is 2. The zero-order valence-electron chi connectivity index (χ0n) is 13.0. The molecule has 0 saturated heterocycles. The van der Waals surface area contributed by atoms with Gasteiger partial charge in [0.2, 0.25) is 5.91 Å². The van der Waals surface area contributed by atoms with E-state index in [9.17, 15) is 4.79 Å². The maximum absolute atomic E-state index is 12.3. The highest BCUT2D eigenvalue weighted by atomic mass is 35.5. The van der Waals surface area contributed by atoms with Crippen LogP contribution in [0.2, 0.25) is 5.02 Å². The summed E-state index contributed by atoms with van der Waals surface area (Å²) in [7, 11) is 0. The highest BCUT2D eigenvalue weighted by molar-refractivity contribution is 6.30. The predicted octanol–water partition coefficient (Wildman–Crippen LogP) is 3.44. The molecule has 1 saturated carbocycles. The minimum absolute atomic E-state index is 0.0493. The number of benzene rings is 1. The number of rotatable bonds is 6. The van der Waals surface area contributed by atoms with Crippen LogP contribution >= 0.6 is 11.6 Å². The number of hydrogen-bond donors (Lipinski definition) is 2. The summed E-state index contributed by atoms with van der Waals surface area (Å²) in [6, 6.07) is 7.88. The van der Waals surface area contributed by atoms with Gasteiger partial charge in [-0.25, -0.2) is 4.98 Å². The van der Waals surface area contributed by atoms with Crippen LogP contribution in [0.3, 0.4) is 0 Å². The fourth-order valence-electron chi connectivity index (χ4n) is 3.26. The third-order valence-electron chi connectivity index (χ3n) is 4.47. The summed E-state index contributed by atoms with van der Waals surface area (Å²) in [5, 5.41) is 10.5. The van der Waals surface area contributed by atoms with Crippen LogP contribution in [0.15, 0.2) is 30.6 Å². The molecule has 1 atom stereocenters. The van der Waals surface area contributed by atoms with Crippen LogP contribution in [0.25, 0.3) is 0 Å². The van der Waals surface area contributed by atoms with E-state index in [0.717, 1.165) is 29.3 Å². The van der Waals surface area contributed by atoms with E-state index < -0.39 is 0 Å². The summed E-state index contributed by atoms with van der Waals surface area (Å²) >= 11 is 5.98. The molecule has 2 N–H and O–H groups in total. The van der Waals surface area contributed by atoms with E-state index in [4.69, 9.17) is 11.6 Å². The highest BCUT2D eigenvalue weighted by Crippen LogP contribution is 2.36. The van der Waals surface area contributed by atoms with Crippen molar-refractivity contribution in [2.45, 2.75) is 44.6 Å². The quantitative estimate of drug-likeness (QED) is 0.851. The minimum atomic E-state index is 0.0493. The lowest BCUT2D eigenvalue weighted by Gasteiger charge is -2.25. The molecule has 0 spiro atoms. The first kappa shape index (κ1) is 16.0. The molecule has 1 heterocycles. The normalized spacial score (nSPS) is 16.4. The molecule has 1 aliphatic rings. The summed E-state index contributed by atoms with van der Waals surface area (Å²) in [4.78, 5) is 16.4. The first-order valence-electron chi connectivity index (χ1n) is 8.11. The number of halogens is 1. The second-order valence-electron chi connectivity index (χ2n) is 6.07. The standard InChI is InChI=1S/C17H21ClN4O/c18-14-7-5-13(6-8-14)17(12-3-1-2-4-12)21-16(23)10-9-15-19-11-20-22-15/h5-8,11-12,17H,1-4,9-10H2,(H,21,23)(H,19,20,22). The predicted molar refractivity (Wildman–Crippen MR) is 89.0 cm³/mol. The summed E-state index contributed by atoms with van der Waals surface area (Å²) in [6.45, 7) is 0. The Balaban J connectivity index is 1.65. The SMILES string of the molecule is O=C(CCc1ncn[nH]1)NC(c1ccc(Cl)cc1)C1CCCC1. The molecule has 6 heteroatoms. The Hall–Kier alpha value is -1.88. The molecule has 3 rings (SSSR count). The number of carbonyl (C=O) groups excluding carboxylic acids is 1. The van der Waals surface area contributed by atoms with E-state index in [1.54, 1.807) is 0 Å². The molecule has 0 radical (unpaired) electrons. The Kier molecular flexibility index (Phi) is 5.28. The van der Waals surface area contributed by atoms with E-state index in [2.05, 4.69) is 20.5 Å². The highest BCUT2D eigenvalue weighted by Gasteiger charge is 2.27. The molecule has 122 valence electrons. The number of carbonyl (C=O) groups is 1. The zero-order valence-corrected chi connectivity index (χ0v) is 13.7. The van der Waals surface area contributed by atoms with Crippen molar-refractivity contribution in [2.24, 2.45) is 5.92 Å². The average Bonchev–Trinajstić information content (AvgIpc) is 3.25. The number of amides is 1. The molecule has 1 unspecified atom stereocenters. The second-order valence-corrected chi connectivity index (χ2v) is 6.51. The van der Waals surface area contributed by atoms with Gasteiger partial charge < -0.3 is 5.32 Å². The van der Waals surface area contributed by atoms with Gasteiger partial charge in [0, 0.05) is 17.9 Å². The Bertz CT molecular complexity index is 621. The fraction of sp³-hybridized carbons (Fsp3) is 0.471. The molecule has 0 aliphatic heterocycles. The summed E-state index contributed by atoms with van der Waals surface area (Å²) < 4.78 is 0. The molecule has 0 bridgehead atoms. The number of nitrogens with one attached hydrogen (secondary N) is 2. The largest absolute Gasteiger partial charge is 0.349 e. The van der Waals surface area contributed by atoms with Crippen LogP contribution < -0.4 is 5.32 Å². The van der Waals surface area contributed by atoms with Crippen LogP contribution in [0.5, 0.6) is 0 Å². The van der Waals surface area contributed by atoms with Gasteiger partial charge in [0.15, 0.2) is 0 Å². The Morgan fingerprint density at radius 2 is 2.04 bits per heavy atom.